The molecule has 3 heteroatoms. The van der Waals surface area contributed by atoms with Gasteiger partial charge in [-0.15, -0.1) is 0 Å². The van der Waals surface area contributed by atoms with Crippen LogP contribution in [0.1, 0.15) is 24.8 Å². The molecule has 0 radical (unpaired) electrons. The van der Waals surface area contributed by atoms with Crippen LogP contribution in [-0.4, -0.2) is 19.6 Å². The predicted molar refractivity (Wildman–Crippen MR) is 87.3 cm³/mol. The molecular formula is C18H21N3. The fourth-order valence-electron chi connectivity index (χ4n) is 3.35. The molecule has 1 heterocycles. The first-order chi connectivity index (χ1) is 10.3. The second-order valence-electron chi connectivity index (χ2n) is 5.80. The van der Waals surface area contributed by atoms with Crippen molar-refractivity contribution in [2.75, 3.05) is 24.5 Å². The van der Waals surface area contributed by atoms with E-state index in [1.165, 1.54) is 23.9 Å². The van der Waals surface area contributed by atoms with Crippen LogP contribution in [0.3, 0.4) is 0 Å². The lowest BCUT2D eigenvalue weighted by atomic mass is 9.92. The number of hydrogen-bond acceptors (Lipinski definition) is 3. The molecular weight excluding hydrogens is 258 g/mol. The van der Waals surface area contributed by atoms with Gasteiger partial charge in [0.1, 0.15) is 0 Å². The molecule has 0 bridgehead atoms. The maximum absolute atomic E-state index is 9.26. The maximum Gasteiger partial charge on any atom is 0.0998 e. The molecule has 108 valence electrons. The fourth-order valence-corrected chi connectivity index (χ4v) is 3.35. The van der Waals surface area contributed by atoms with Crippen LogP contribution in [0.4, 0.5) is 5.69 Å². The fraction of sp³-hybridized carbons (Fsp3) is 0.389. The Hall–Kier alpha value is -2.05. The van der Waals surface area contributed by atoms with Gasteiger partial charge in [-0.3, -0.25) is 0 Å². The van der Waals surface area contributed by atoms with E-state index < -0.39 is 0 Å². The van der Waals surface area contributed by atoms with Crippen molar-refractivity contribution >= 4 is 16.5 Å². The summed E-state index contributed by atoms with van der Waals surface area (Å²) in [7, 11) is 0. The normalized spacial score (nSPS) is 16.1. The highest BCUT2D eigenvalue weighted by molar-refractivity contribution is 5.97. The summed E-state index contributed by atoms with van der Waals surface area (Å²) in [6, 6.07) is 14.6. The van der Waals surface area contributed by atoms with Crippen molar-refractivity contribution in [1.29, 1.82) is 5.26 Å². The molecule has 0 atom stereocenters. The quantitative estimate of drug-likeness (QED) is 0.938. The monoisotopic (exact) mass is 279 g/mol. The zero-order valence-electron chi connectivity index (χ0n) is 12.3. The minimum Gasteiger partial charge on any atom is -0.371 e. The van der Waals surface area contributed by atoms with Gasteiger partial charge in [0, 0.05) is 29.5 Å². The molecule has 2 N–H and O–H groups in total. The summed E-state index contributed by atoms with van der Waals surface area (Å²) in [5.41, 5.74) is 7.68. The number of anilines is 1. The van der Waals surface area contributed by atoms with Gasteiger partial charge in [-0.1, -0.05) is 24.3 Å². The molecule has 3 nitrogen and oxygen atoms in total. The van der Waals surface area contributed by atoms with Crippen molar-refractivity contribution in [3.05, 3.63) is 42.0 Å². The zero-order valence-corrected chi connectivity index (χ0v) is 12.3. The van der Waals surface area contributed by atoms with Gasteiger partial charge in [0.15, 0.2) is 0 Å². The van der Waals surface area contributed by atoms with E-state index in [4.69, 9.17) is 5.73 Å². The first-order valence-corrected chi connectivity index (χ1v) is 7.70. The topological polar surface area (TPSA) is 53.0 Å². The first-order valence-electron chi connectivity index (χ1n) is 7.70. The van der Waals surface area contributed by atoms with E-state index in [9.17, 15) is 5.26 Å². The smallest absolute Gasteiger partial charge is 0.0998 e. The van der Waals surface area contributed by atoms with Crippen LogP contribution in [-0.2, 0) is 0 Å². The lowest BCUT2D eigenvalue weighted by Gasteiger charge is -2.34. The van der Waals surface area contributed by atoms with Crippen LogP contribution in [0.15, 0.2) is 36.4 Å². The Bertz CT molecular complexity index is 664. The Kier molecular flexibility index (Phi) is 4.08. The van der Waals surface area contributed by atoms with Crippen LogP contribution in [0.2, 0.25) is 0 Å². The average Bonchev–Trinajstić information content (AvgIpc) is 2.55. The predicted octanol–water partition coefficient (Wildman–Crippen LogP) is 3.28. The molecule has 1 fully saturated rings. The largest absolute Gasteiger partial charge is 0.371 e. The summed E-state index contributed by atoms with van der Waals surface area (Å²) in [6.07, 6.45) is 3.57. The average molecular weight is 279 g/mol. The van der Waals surface area contributed by atoms with Crippen LogP contribution in [0.25, 0.3) is 10.8 Å². The third-order valence-electron chi connectivity index (χ3n) is 4.55. The molecule has 2 aromatic carbocycles. The molecule has 1 aliphatic heterocycles. The second kappa shape index (κ2) is 6.15. The lowest BCUT2D eigenvalue weighted by Crippen LogP contribution is -2.34. The molecule has 0 unspecified atom stereocenters. The molecule has 21 heavy (non-hydrogen) atoms. The minimum absolute atomic E-state index is 0.757. The van der Waals surface area contributed by atoms with Crippen LogP contribution in [0.5, 0.6) is 0 Å². The highest BCUT2D eigenvalue weighted by atomic mass is 15.1. The molecule has 1 saturated heterocycles. The van der Waals surface area contributed by atoms with Crippen molar-refractivity contribution in [2.24, 2.45) is 11.7 Å². The summed E-state index contributed by atoms with van der Waals surface area (Å²) < 4.78 is 0. The Morgan fingerprint density at radius 2 is 1.81 bits per heavy atom. The lowest BCUT2D eigenvalue weighted by molar-refractivity contribution is 0.387. The van der Waals surface area contributed by atoms with Gasteiger partial charge >= 0.3 is 0 Å². The van der Waals surface area contributed by atoms with E-state index >= 15 is 0 Å². The summed E-state index contributed by atoms with van der Waals surface area (Å²) in [5.74, 6) is 0.774. The third-order valence-corrected chi connectivity index (χ3v) is 4.55. The van der Waals surface area contributed by atoms with Crippen molar-refractivity contribution in [3.8, 4) is 6.07 Å². The molecule has 0 saturated carbocycles. The Morgan fingerprint density at radius 1 is 1.10 bits per heavy atom. The van der Waals surface area contributed by atoms with Crippen molar-refractivity contribution in [1.82, 2.24) is 0 Å². The zero-order chi connectivity index (χ0) is 14.7. The van der Waals surface area contributed by atoms with Gasteiger partial charge in [-0.05, 0) is 43.9 Å². The molecule has 2 aromatic rings. The summed E-state index contributed by atoms with van der Waals surface area (Å²) >= 11 is 0. The van der Waals surface area contributed by atoms with Crippen molar-refractivity contribution in [2.45, 2.75) is 19.3 Å². The van der Waals surface area contributed by atoms with Gasteiger partial charge < -0.3 is 10.6 Å². The Labute approximate surface area is 126 Å². The molecule has 3 rings (SSSR count). The molecule has 0 spiro atoms. The highest BCUT2D eigenvalue weighted by Crippen LogP contribution is 2.32. The van der Waals surface area contributed by atoms with Gasteiger partial charge in [0.2, 0.25) is 0 Å². The van der Waals surface area contributed by atoms with Crippen LogP contribution >= 0.6 is 0 Å². The Balaban J connectivity index is 1.90. The van der Waals surface area contributed by atoms with Gasteiger partial charge in [0.05, 0.1) is 11.6 Å². The number of nitrogens with zero attached hydrogens (tertiary/aromatic N) is 2. The summed E-state index contributed by atoms with van der Waals surface area (Å²) in [5, 5.41) is 11.5. The Morgan fingerprint density at radius 3 is 2.48 bits per heavy atom. The second-order valence-corrected chi connectivity index (χ2v) is 5.80. The number of nitrogens with two attached hydrogens (primary N) is 1. The first kappa shape index (κ1) is 13.9. The van der Waals surface area contributed by atoms with Gasteiger partial charge in [-0.2, -0.15) is 5.26 Å². The molecule has 0 aliphatic carbocycles. The van der Waals surface area contributed by atoms with Gasteiger partial charge in [-0.25, -0.2) is 0 Å². The molecule has 1 aliphatic rings. The number of benzene rings is 2. The van der Waals surface area contributed by atoms with E-state index in [1.54, 1.807) is 0 Å². The highest BCUT2D eigenvalue weighted by Gasteiger charge is 2.20. The molecule has 0 aromatic heterocycles. The molecule has 0 amide bonds. The van der Waals surface area contributed by atoms with Crippen LogP contribution < -0.4 is 10.6 Å². The SMILES string of the molecule is N#Cc1ccc(N2CCC(CCN)CC2)c2ccccc12. The van der Waals surface area contributed by atoms with Crippen molar-refractivity contribution < 1.29 is 0 Å². The van der Waals surface area contributed by atoms with E-state index in [0.717, 1.165) is 42.9 Å². The maximum atomic E-state index is 9.26. The van der Waals surface area contributed by atoms with Crippen molar-refractivity contribution in [3.63, 3.8) is 0 Å². The standard InChI is InChI=1S/C18H21N3/c19-10-7-14-8-11-21(12-9-14)18-6-5-15(13-20)16-3-1-2-4-17(16)18/h1-6,14H,7-12,19H2. The number of piperidine rings is 1. The van der Waals surface area contributed by atoms with E-state index in [0.29, 0.717) is 0 Å². The van der Waals surface area contributed by atoms with Crippen LogP contribution in [0, 0.1) is 17.2 Å². The minimum atomic E-state index is 0.757. The number of hydrogen-bond donors (Lipinski definition) is 1. The third kappa shape index (κ3) is 2.72. The summed E-state index contributed by atoms with van der Waals surface area (Å²) in [6.45, 7) is 2.96. The number of nitriles is 1. The van der Waals surface area contributed by atoms with E-state index in [2.05, 4.69) is 23.1 Å². The number of rotatable bonds is 3. The summed E-state index contributed by atoms with van der Waals surface area (Å²) in [4.78, 5) is 2.45. The van der Waals surface area contributed by atoms with E-state index in [1.807, 2.05) is 24.3 Å². The number of fused-ring (bicyclic) bond motifs is 1. The van der Waals surface area contributed by atoms with Gasteiger partial charge in [0.25, 0.3) is 0 Å². The van der Waals surface area contributed by atoms with E-state index in [-0.39, 0.29) is 0 Å².